The maximum atomic E-state index is 12.8. The number of halogens is 4. The van der Waals surface area contributed by atoms with Crippen LogP contribution in [-0.4, -0.2) is 20.2 Å². The Morgan fingerprint density at radius 2 is 2.00 bits per heavy atom. The van der Waals surface area contributed by atoms with Gasteiger partial charge in [0.25, 0.3) is 0 Å². The molecule has 0 saturated carbocycles. The Balaban J connectivity index is 2.67. The fourth-order valence-electron chi connectivity index (χ4n) is 1.24. The summed E-state index contributed by atoms with van der Waals surface area (Å²) in [6.45, 7) is 0. The highest BCUT2D eigenvalue weighted by molar-refractivity contribution is 9.10. The van der Waals surface area contributed by atoms with E-state index >= 15 is 0 Å². The van der Waals surface area contributed by atoms with Gasteiger partial charge in [-0.25, -0.2) is 0 Å². The molecule has 1 aromatic heterocycles. The van der Waals surface area contributed by atoms with Crippen LogP contribution in [0.4, 0.5) is 13.2 Å². The second-order valence-corrected chi connectivity index (χ2v) is 3.71. The highest BCUT2D eigenvalue weighted by Crippen LogP contribution is 2.38. The third-order valence-corrected chi connectivity index (χ3v) is 2.50. The van der Waals surface area contributed by atoms with Crippen molar-refractivity contribution in [3.05, 3.63) is 34.6 Å². The van der Waals surface area contributed by atoms with Crippen molar-refractivity contribution in [2.24, 2.45) is 0 Å². The predicted octanol–water partition coefficient (Wildman–Crippen LogP) is 2.44. The second kappa shape index (κ2) is 3.85. The van der Waals surface area contributed by atoms with E-state index in [0.717, 1.165) is 11.1 Å². The van der Waals surface area contributed by atoms with Gasteiger partial charge in [0.15, 0.2) is 6.33 Å². The number of alkyl halides is 3. The van der Waals surface area contributed by atoms with Crippen molar-refractivity contribution in [3.8, 4) is 5.69 Å². The molecule has 0 aliphatic carbocycles. The zero-order chi connectivity index (χ0) is 11.8. The maximum Gasteiger partial charge on any atom is 0.419 e. The normalized spacial score (nSPS) is 11.8. The molecule has 0 atom stereocenters. The standard InChI is InChI=1S/C8H4BrF3N4/c9-5-2-1-3-6(7(5)8(10,11)12)16-14-4-13-15-16/h1-4H. The van der Waals surface area contributed by atoms with Crippen LogP contribution in [0.25, 0.3) is 5.69 Å². The minimum Gasteiger partial charge on any atom is -0.166 e. The molecule has 0 radical (unpaired) electrons. The number of rotatable bonds is 1. The Bertz CT molecular complexity index is 494. The summed E-state index contributed by atoms with van der Waals surface area (Å²) >= 11 is 2.86. The Morgan fingerprint density at radius 3 is 2.56 bits per heavy atom. The summed E-state index contributed by atoms with van der Waals surface area (Å²) in [7, 11) is 0. The van der Waals surface area contributed by atoms with Gasteiger partial charge >= 0.3 is 6.18 Å². The molecular weight excluding hydrogens is 289 g/mol. The highest BCUT2D eigenvalue weighted by Gasteiger charge is 2.36. The summed E-state index contributed by atoms with van der Waals surface area (Å²) in [5.41, 5.74) is -0.993. The Morgan fingerprint density at radius 1 is 1.25 bits per heavy atom. The average molecular weight is 293 g/mol. The largest absolute Gasteiger partial charge is 0.419 e. The van der Waals surface area contributed by atoms with Crippen LogP contribution in [0.3, 0.4) is 0 Å². The molecule has 0 saturated heterocycles. The molecule has 1 aromatic carbocycles. The summed E-state index contributed by atoms with van der Waals surface area (Å²) < 4.78 is 38.3. The first kappa shape index (κ1) is 11.1. The van der Waals surface area contributed by atoms with Gasteiger partial charge in [-0.05, 0) is 17.3 Å². The molecule has 2 aromatic rings. The van der Waals surface area contributed by atoms with Crippen LogP contribution in [0.2, 0.25) is 0 Å². The van der Waals surface area contributed by atoms with Gasteiger partial charge in [-0.15, -0.1) is 15.0 Å². The summed E-state index contributed by atoms with van der Waals surface area (Å²) in [4.78, 5) is 0.827. The van der Waals surface area contributed by atoms with E-state index in [-0.39, 0.29) is 10.2 Å². The lowest BCUT2D eigenvalue weighted by Crippen LogP contribution is -2.13. The lowest BCUT2D eigenvalue weighted by molar-refractivity contribution is -0.138. The smallest absolute Gasteiger partial charge is 0.166 e. The SMILES string of the molecule is FC(F)(F)c1c(Br)cccc1-n1ncnn1. The Hall–Kier alpha value is -1.44. The lowest BCUT2D eigenvalue weighted by Gasteiger charge is -2.12. The fraction of sp³-hybridized carbons (Fsp3) is 0.125. The number of hydrogen-bond donors (Lipinski definition) is 0. The zero-order valence-electron chi connectivity index (χ0n) is 7.61. The minimum absolute atomic E-state index is 0.0604. The van der Waals surface area contributed by atoms with Crippen molar-refractivity contribution in [1.82, 2.24) is 20.2 Å². The first-order chi connectivity index (χ1) is 7.50. The Labute approximate surface area is 96.2 Å². The van der Waals surface area contributed by atoms with E-state index in [1.165, 1.54) is 18.2 Å². The van der Waals surface area contributed by atoms with Crippen LogP contribution >= 0.6 is 15.9 Å². The molecule has 2 rings (SSSR count). The van der Waals surface area contributed by atoms with Gasteiger partial charge in [0.1, 0.15) is 5.69 Å². The van der Waals surface area contributed by atoms with Crippen molar-refractivity contribution in [2.45, 2.75) is 6.18 Å². The summed E-state index contributed by atoms with van der Waals surface area (Å²) in [5.74, 6) is 0. The van der Waals surface area contributed by atoms with Crippen LogP contribution in [0.5, 0.6) is 0 Å². The second-order valence-electron chi connectivity index (χ2n) is 2.86. The predicted molar refractivity (Wildman–Crippen MR) is 51.9 cm³/mol. The monoisotopic (exact) mass is 292 g/mol. The quantitative estimate of drug-likeness (QED) is 0.811. The van der Waals surface area contributed by atoms with E-state index in [9.17, 15) is 13.2 Å². The Kier molecular flexibility index (Phi) is 2.66. The van der Waals surface area contributed by atoms with E-state index in [1.54, 1.807) is 0 Å². The first-order valence-electron chi connectivity index (χ1n) is 4.09. The van der Waals surface area contributed by atoms with Gasteiger partial charge in [-0.2, -0.15) is 13.2 Å². The molecule has 0 fully saturated rings. The fourth-order valence-corrected chi connectivity index (χ4v) is 1.82. The van der Waals surface area contributed by atoms with E-state index in [1.807, 2.05) is 0 Å². The average Bonchev–Trinajstić information content (AvgIpc) is 2.67. The van der Waals surface area contributed by atoms with Crippen LogP contribution in [0.15, 0.2) is 29.0 Å². The molecule has 1 heterocycles. The number of nitrogens with zero attached hydrogens (tertiary/aromatic N) is 4. The molecular formula is C8H4BrF3N4. The van der Waals surface area contributed by atoms with Crippen LogP contribution < -0.4 is 0 Å². The van der Waals surface area contributed by atoms with Gasteiger partial charge < -0.3 is 0 Å². The van der Waals surface area contributed by atoms with E-state index in [2.05, 4.69) is 31.3 Å². The van der Waals surface area contributed by atoms with Gasteiger partial charge in [0, 0.05) is 4.47 Å². The molecule has 84 valence electrons. The van der Waals surface area contributed by atoms with Crippen molar-refractivity contribution in [3.63, 3.8) is 0 Å². The van der Waals surface area contributed by atoms with Crippen molar-refractivity contribution in [2.75, 3.05) is 0 Å². The molecule has 0 spiro atoms. The molecule has 0 amide bonds. The lowest BCUT2D eigenvalue weighted by atomic mass is 10.2. The molecule has 16 heavy (non-hydrogen) atoms. The van der Waals surface area contributed by atoms with Gasteiger partial charge in [-0.3, -0.25) is 0 Å². The van der Waals surface area contributed by atoms with Crippen LogP contribution in [0.1, 0.15) is 5.56 Å². The minimum atomic E-state index is -4.48. The van der Waals surface area contributed by atoms with Crippen LogP contribution in [-0.2, 0) is 6.18 Å². The van der Waals surface area contributed by atoms with Crippen molar-refractivity contribution >= 4 is 15.9 Å². The first-order valence-corrected chi connectivity index (χ1v) is 4.88. The molecule has 0 bridgehead atoms. The molecule has 4 nitrogen and oxygen atoms in total. The van der Waals surface area contributed by atoms with E-state index in [4.69, 9.17) is 0 Å². The summed E-state index contributed by atoms with van der Waals surface area (Å²) in [6, 6.07) is 4.05. The van der Waals surface area contributed by atoms with E-state index in [0.29, 0.717) is 0 Å². The third-order valence-electron chi connectivity index (χ3n) is 1.84. The molecule has 0 N–H and O–H groups in total. The number of hydrogen-bond acceptors (Lipinski definition) is 3. The molecule has 8 heteroatoms. The van der Waals surface area contributed by atoms with E-state index < -0.39 is 11.7 Å². The number of aromatic nitrogens is 4. The van der Waals surface area contributed by atoms with Gasteiger partial charge in [0.2, 0.25) is 0 Å². The highest BCUT2D eigenvalue weighted by atomic mass is 79.9. The zero-order valence-corrected chi connectivity index (χ0v) is 9.20. The van der Waals surface area contributed by atoms with Crippen molar-refractivity contribution in [1.29, 1.82) is 0 Å². The topological polar surface area (TPSA) is 43.6 Å². The third kappa shape index (κ3) is 1.92. The number of benzene rings is 1. The maximum absolute atomic E-state index is 12.8. The number of tetrazole rings is 1. The van der Waals surface area contributed by atoms with Gasteiger partial charge in [0.05, 0.1) is 5.56 Å². The van der Waals surface area contributed by atoms with Crippen molar-refractivity contribution < 1.29 is 13.2 Å². The molecule has 0 unspecified atom stereocenters. The summed E-state index contributed by atoms with van der Waals surface area (Å²) in [5, 5.41) is 10.4. The summed E-state index contributed by atoms with van der Waals surface area (Å²) in [6.07, 6.45) is -3.41. The molecule has 0 aliphatic heterocycles. The van der Waals surface area contributed by atoms with Gasteiger partial charge in [-0.1, -0.05) is 22.0 Å². The molecule has 0 aliphatic rings. The van der Waals surface area contributed by atoms with Crippen LogP contribution in [0, 0.1) is 0 Å².